The first-order chi connectivity index (χ1) is 14.1. The average Bonchev–Trinajstić information content (AvgIpc) is 2.72. The highest BCUT2D eigenvalue weighted by Crippen LogP contribution is 2.08. The zero-order valence-corrected chi connectivity index (χ0v) is 17.6. The fraction of sp³-hybridized carbons (Fsp3) is 0.304. The Labute approximate surface area is 177 Å². The first kappa shape index (κ1) is 21.2. The van der Waals surface area contributed by atoms with Gasteiger partial charge in [-0.3, -0.25) is 4.79 Å². The van der Waals surface area contributed by atoms with Gasteiger partial charge in [-0.15, -0.1) is 0 Å². The summed E-state index contributed by atoms with van der Waals surface area (Å²) < 4.78 is 0. The number of hydrazone groups is 1. The van der Waals surface area contributed by atoms with Crippen LogP contribution in [0.4, 0.5) is 0 Å². The van der Waals surface area contributed by atoms with Gasteiger partial charge >= 0.3 is 0 Å². The largest absolute Gasteiger partial charge is 0.322 e. The molecule has 29 heavy (non-hydrogen) atoms. The third-order valence-corrected chi connectivity index (χ3v) is 5.35. The molecule has 1 fully saturated rings. The Morgan fingerprint density at radius 3 is 2.38 bits per heavy atom. The van der Waals surface area contributed by atoms with Crippen molar-refractivity contribution in [1.29, 1.82) is 0 Å². The molecule has 1 aliphatic heterocycles. The molecule has 0 aliphatic carbocycles. The maximum Gasteiger partial charge on any atom is 0.295 e. The molecule has 152 valence electrons. The molecule has 0 spiro atoms. The number of amides is 1. The van der Waals surface area contributed by atoms with Crippen molar-refractivity contribution in [2.45, 2.75) is 13.5 Å². The van der Waals surface area contributed by atoms with Crippen LogP contribution in [0.15, 0.2) is 65.3 Å². The molecule has 0 bridgehead atoms. The van der Waals surface area contributed by atoms with E-state index in [4.69, 9.17) is 11.6 Å². The van der Waals surface area contributed by atoms with E-state index in [-0.39, 0.29) is 5.91 Å². The smallest absolute Gasteiger partial charge is 0.295 e. The van der Waals surface area contributed by atoms with Crippen molar-refractivity contribution in [2.75, 3.05) is 32.7 Å². The minimum Gasteiger partial charge on any atom is -0.322 e. The van der Waals surface area contributed by atoms with Crippen molar-refractivity contribution >= 4 is 29.8 Å². The Hall–Kier alpha value is -2.47. The van der Waals surface area contributed by atoms with E-state index in [9.17, 15) is 4.79 Å². The quantitative estimate of drug-likeness (QED) is 0.458. The topological polar surface area (TPSA) is 50.3 Å². The molecule has 3 N–H and O–H groups in total. The lowest BCUT2D eigenvalue weighted by molar-refractivity contribution is -1.02. The van der Waals surface area contributed by atoms with E-state index in [1.807, 2.05) is 55.5 Å². The van der Waals surface area contributed by atoms with Gasteiger partial charge in [-0.25, -0.2) is 5.43 Å². The molecule has 6 heteroatoms. The summed E-state index contributed by atoms with van der Waals surface area (Å²) in [7, 11) is 0. The molecular formula is C23H29ClN4O+2. The summed E-state index contributed by atoms with van der Waals surface area (Å²) in [6.07, 6.45) is 3.72. The van der Waals surface area contributed by atoms with Crippen LogP contribution in [0.3, 0.4) is 0 Å². The van der Waals surface area contributed by atoms with Crippen molar-refractivity contribution in [1.82, 2.24) is 5.43 Å². The number of nitrogens with one attached hydrogen (secondary N) is 3. The molecule has 0 aromatic heterocycles. The van der Waals surface area contributed by atoms with Crippen molar-refractivity contribution in [3.05, 3.63) is 76.3 Å². The van der Waals surface area contributed by atoms with E-state index in [1.54, 1.807) is 11.1 Å². The molecule has 1 heterocycles. The standard InChI is InChI=1S/C23H27ClN4O/c1-19(15-20-5-3-2-4-6-20)16-25-26-23(29)18-28-13-11-27(12-14-28)17-21-7-9-22(24)10-8-21/h2-10,15-16H,11-14,17-18H2,1H3,(H,26,29)/p+2/b19-15+,25-16-. The van der Waals surface area contributed by atoms with Crippen molar-refractivity contribution in [3.8, 4) is 0 Å². The zero-order chi connectivity index (χ0) is 20.5. The summed E-state index contributed by atoms with van der Waals surface area (Å²) in [5.74, 6) is -0.0371. The van der Waals surface area contributed by atoms with Gasteiger partial charge in [-0.05, 0) is 30.2 Å². The Bertz CT molecular complexity index is 841. The third-order valence-electron chi connectivity index (χ3n) is 5.09. The molecule has 3 rings (SSSR count). The Morgan fingerprint density at radius 2 is 1.69 bits per heavy atom. The van der Waals surface area contributed by atoms with Gasteiger partial charge in [0.05, 0.1) is 6.21 Å². The molecule has 0 atom stereocenters. The lowest BCUT2D eigenvalue weighted by Gasteiger charge is -2.29. The average molecular weight is 413 g/mol. The number of hydrogen-bond acceptors (Lipinski definition) is 2. The second-order valence-corrected chi connectivity index (χ2v) is 8.01. The number of carbonyl (C=O) groups is 1. The summed E-state index contributed by atoms with van der Waals surface area (Å²) in [4.78, 5) is 15.0. The summed E-state index contributed by atoms with van der Waals surface area (Å²) in [6, 6.07) is 18.1. The monoisotopic (exact) mass is 412 g/mol. The minimum absolute atomic E-state index is 0.0371. The minimum atomic E-state index is -0.0371. The first-order valence-corrected chi connectivity index (χ1v) is 10.4. The van der Waals surface area contributed by atoms with Gasteiger partial charge in [0.25, 0.3) is 5.91 Å². The molecule has 2 aromatic rings. The van der Waals surface area contributed by atoms with Crippen LogP contribution in [0.2, 0.25) is 5.02 Å². The number of carbonyl (C=O) groups excluding carboxylic acids is 1. The highest BCUT2D eigenvalue weighted by atomic mass is 35.5. The van der Waals surface area contributed by atoms with Gasteiger partial charge < -0.3 is 9.80 Å². The van der Waals surface area contributed by atoms with E-state index >= 15 is 0 Å². The molecule has 0 unspecified atom stereocenters. The number of quaternary nitrogens is 2. The summed E-state index contributed by atoms with van der Waals surface area (Å²) in [5.41, 5.74) is 6.06. The Morgan fingerprint density at radius 1 is 1.03 bits per heavy atom. The van der Waals surface area contributed by atoms with Crippen molar-refractivity contribution in [3.63, 3.8) is 0 Å². The Kier molecular flexibility index (Phi) is 7.99. The van der Waals surface area contributed by atoms with Gasteiger partial charge in [0.1, 0.15) is 32.7 Å². The second kappa shape index (κ2) is 10.9. The second-order valence-electron chi connectivity index (χ2n) is 7.57. The number of rotatable bonds is 7. The normalized spacial score (nSPS) is 20.0. The summed E-state index contributed by atoms with van der Waals surface area (Å²) in [6.45, 7) is 7.55. The number of hydrogen-bond donors (Lipinski definition) is 3. The molecule has 1 saturated heterocycles. The summed E-state index contributed by atoms with van der Waals surface area (Å²) in [5, 5.41) is 4.86. The zero-order valence-electron chi connectivity index (χ0n) is 16.8. The van der Waals surface area contributed by atoms with Gasteiger partial charge in [0, 0.05) is 10.6 Å². The molecule has 1 aliphatic rings. The van der Waals surface area contributed by atoms with Crippen LogP contribution in [0, 0.1) is 0 Å². The van der Waals surface area contributed by atoms with E-state index in [0.717, 1.165) is 48.9 Å². The number of nitrogens with zero attached hydrogens (tertiary/aromatic N) is 1. The van der Waals surface area contributed by atoms with Crippen LogP contribution < -0.4 is 15.2 Å². The SMILES string of the molecule is CC(/C=N\NC(=O)C[NH+]1CC[NH+](Cc2ccc(Cl)cc2)CC1)=C\c1ccccc1. The van der Waals surface area contributed by atoms with Crippen LogP contribution in [0.1, 0.15) is 18.1 Å². The molecule has 2 aromatic carbocycles. The van der Waals surface area contributed by atoms with E-state index in [0.29, 0.717) is 6.54 Å². The van der Waals surface area contributed by atoms with E-state index < -0.39 is 0 Å². The van der Waals surface area contributed by atoms with Crippen molar-refractivity contribution in [2.24, 2.45) is 5.10 Å². The summed E-state index contributed by atoms with van der Waals surface area (Å²) >= 11 is 5.95. The fourth-order valence-corrected chi connectivity index (χ4v) is 3.65. The fourth-order valence-electron chi connectivity index (χ4n) is 3.52. The maximum atomic E-state index is 12.2. The molecular weight excluding hydrogens is 384 g/mol. The lowest BCUT2D eigenvalue weighted by atomic mass is 10.1. The van der Waals surface area contributed by atoms with Gasteiger partial charge in [0.2, 0.25) is 0 Å². The number of halogens is 1. The van der Waals surface area contributed by atoms with E-state index in [2.05, 4.69) is 22.7 Å². The van der Waals surface area contributed by atoms with E-state index in [1.165, 1.54) is 10.5 Å². The molecule has 0 saturated carbocycles. The highest BCUT2D eigenvalue weighted by Gasteiger charge is 2.24. The predicted octanol–water partition coefficient (Wildman–Crippen LogP) is 0.829. The highest BCUT2D eigenvalue weighted by molar-refractivity contribution is 6.30. The van der Waals surface area contributed by atoms with Crippen LogP contribution >= 0.6 is 11.6 Å². The first-order valence-electron chi connectivity index (χ1n) is 10.1. The van der Waals surface area contributed by atoms with Crippen LogP contribution in [0.5, 0.6) is 0 Å². The van der Waals surface area contributed by atoms with Gasteiger partial charge in [-0.1, -0.05) is 60.1 Å². The number of piperazine rings is 1. The molecule has 1 amide bonds. The predicted molar refractivity (Wildman–Crippen MR) is 118 cm³/mol. The molecule has 0 radical (unpaired) electrons. The third kappa shape index (κ3) is 7.46. The maximum absolute atomic E-state index is 12.2. The molecule has 5 nitrogen and oxygen atoms in total. The van der Waals surface area contributed by atoms with Crippen LogP contribution in [-0.2, 0) is 11.3 Å². The van der Waals surface area contributed by atoms with Crippen LogP contribution in [-0.4, -0.2) is 44.8 Å². The van der Waals surface area contributed by atoms with Crippen LogP contribution in [0.25, 0.3) is 6.08 Å². The number of allylic oxidation sites excluding steroid dienone is 1. The van der Waals surface area contributed by atoms with Gasteiger partial charge in [0.15, 0.2) is 6.54 Å². The lowest BCUT2D eigenvalue weighted by Crippen LogP contribution is -3.28. The van der Waals surface area contributed by atoms with Gasteiger partial charge in [-0.2, -0.15) is 5.10 Å². The number of benzene rings is 2. The van der Waals surface area contributed by atoms with Crippen molar-refractivity contribution < 1.29 is 14.6 Å². The Balaban J connectivity index is 1.37.